The highest BCUT2D eigenvalue weighted by Gasteiger charge is 2.04. The van der Waals surface area contributed by atoms with E-state index in [9.17, 15) is 5.11 Å². The van der Waals surface area contributed by atoms with Crippen molar-refractivity contribution in [2.24, 2.45) is 0 Å². The third kappa shape index (κ3) is 3.44. The van der Waals surface area contributed by atoms with Gasteiger partial charge in [-0.25, -0.2) is 0 Å². The normalized spacial score (nSPS) is 12.5. The van der Waals surface area contributed by atoms with Gasteiger partial charge in [0.25, 0.3) is 0 Å². The zero-order valence-electron chi connectivity index (χ0n) is 9.58. The molecular formula is C12H19NO2. The fraction of sp³-hybridized carbons (Fsp3) is 0.500. The van der Waals surface area contributed by atoms with Gasteiger partial charge in [0.05, 0.1) is 7.11 Å². The van der Waals surface area contributed by atoms with Crippen LogP contribution in [0.3, 0.4) is 0 Å². The Labute approximate surface area is 91.1 Å². The van der Waals surface area contributed by atoms with E-state index in [0.29, 0.717) is 18.3 Å². The van der Waals surface area contributed by atoms with Gasteiger partial charge >= 0.3 is 0 Å². The monoisotopic (exact) mass is 209 g/mol. The molecule has 0 aliphatic carbocycles. The van der Waals surface area contributed by atoms with Gasteiger partial charge in [-0.05, 0) is 19.4 Å². The molecule has 0 unspecified atom stereocenters. The minimum absolute atomic E-state index is 0.283. The second-order valence-corrected chi connectivity index (χ2v) is 3.68. The minimum Gasteiger partial charge on any atom is -0.507 e. The van der Waals surface area contributed by atoms with Crippen LogP contribution in [0.4, 0.5) is 0 Å². The number of hydrogen-bond acceptors (Lipinski definition) is 3. The first-order valence-corrected chi connectivity index (χ1v) is 5.26. The molecule has 84 valence electrons. The van der Waals surface area contributed by atoms with Gasteiger partial charge in [0, 0.05) is 24.2 Å². The molecule has 1 aromatic rings. The highest BCUT2D eigenvalue weighted by Crippen LogP contribution is 2.23. The number of ether oxygens (including phenoxy) is 1. The summed E-state index contributed by atoms with van der Waals surface area (Å²) in [6.07, 6.45) is 1.08. The van der Waals surface area contributed by atoms with Crippen LogP contribution in [0.2, 0.25) is 0 Å². The predicted octanol–water partition coefficient (Wildman–Crippen LogP) is 2.29. The SMILES string of the molecule is CC[C@H](C)NCc1ccc(OC)cc1O. The Morgan fingerprint density at radius 1 is 1.47 bits per heavy atom. The minimum atomic E-state index is 0.283. The van der Waals surface area contributed by atoms with Crippen molar-refractivity contribution in [3.05, 3.63) is 23.8 Å². The number of rotatable bonds is 5. The second kappa shape index (κ2) is 5.61. The molecule has 3 heteroatoms. The van der Waals surface area contributed by atoms with Crippen LogP contribution < -0.4 is 10.1 Å². The summed E-state index contributed by atoms with van der Waals surface area (Å²) >= 11 is 0. The van der Waals surface area contributed by atoms with Gasteiger partial charge in [-0.3, -0.25) is 0 Å². The maximum absolute atomic E-state index is 9.69. The fourth-order valence-corrected chi connectivity index (χ4v) is 1.25. The van der Waals surface area contributed by atoms with Gasteiger partial charge < -0.3 is 15.2 Å². The van der Waals surface area contributed by atoms with E-state index < -0.39 is 0 Å². The molecule has 0 aliphatic heterocycles. The maximum atomic E-state index is 9.69. The van der Waals surface area contributed by atoms with E-state index in [1.807, 2.05) is 12.1 Å². The van der Waals surface area contributed by atoms with Gasteiger partial charge in [0.1, 0.15) is 11.5 Å². The lowest BCUT2D eigenvalue weighted by Gasteiger charge is -2.12. The highest BCUT2D eigenvalue weighted by molar-refractivity contribution is 5.39. The van der Waals surface area contributed by atoms with E-state index in [4.69, 9.17) is 4.74 Å². The quantitative estimate of drug-likeness (QED) is 0.781. The molecule has 0 amide bonds. The number of methoxy groups -OCH3 is 1. The summed E-state index contributed by atoms with van der Waals surface area (Å²) in [6, 6.07) is 5.83. The number of aromatic hydroxyl groups is 1. The van der Waals surface area contributed by atoms with Crippen molar-refractivity contribution in [1.82, 2.24) is 5.32 Å². The molecule has 0 fully saturated rings. The first-order valence-electron chi connectivity index (χ1n) is 5.26. The van der Waals surface area contributed by atoms with Crippen LogP contribution in [0, 0.1) is 0 Å². The molecule has 1 rings (SSSR count). The molecule has 0 spiro atoms. The summed E-state index contributed by atoms with van der Waals surface area (Å²) in [7, 11) is 1.59. The lowest BCUT2D eigenvalue weighted by atomic mass is 10.1. The summed E-state index contributed by atoms with van der Waals surface area (Å²) in [4.78, 5) is 0. The van der Waals surface area contributed by atoms with Crippen LogP contribution in [0.25, 0.3) is 0 Å². The predicted molar refractivity (Wildman–Crippen MR) is 61.3 cm³/mol. The van der Waals surface area contributed by atoms with Gasteiger partial charge in [-0.15, -0.1) is 0 Å². The van der Waals surface area contributed by atoms with Crippen LogP contribution in [0.15, 0.2) is 18.2 Å². The molecule has 0 saturated carbocycles. The van der Waals surface area contributed by atoms with E-state index >= 15 is 0 Å². The number of hydrogen-bond donors (Lipinski definition) is 2. The molecule has 0 bridgehead atoms. The van der Waals surface area contributed by atoms with E-state index in [2.05, 4.69) is 19.2 Å². The number of nitrogens with one attached hydrogen (secondary N) is 1. The lowest BCUT2D eigenvalue weighted by Crippen LogP contribution is -2.24. The summed E-state index contributed by atoms with van der Waals surface area (Å²) in [5, 5.41) is 13.0. The molecule has 0 heterocycles. The van der Waals surface area contributed by atoms with Crippen molar-refractivity contribution in [3.63, 3.8) is 0 Å². The molecule has 1 aromatic carbocycles. The van der Waals surface area contributed by atoms with E-state index in [0.717, 1.165) is 12.0 Å². The van der Waals surface area contributed by atoms with E-state index in [1.165, 1.54) is 0 Å². The average molecular weight is 209 g/mol. The molecule has 3 nitrogen and oxygen atoms in total. The zero-order chi connectivity index (χ0) is 11.3. The number of phenolic OH excluding ortho intramolecular Hbond substituents is 1. The molecule has 0 aromatic heterocycles. The van der Waals surface area contributed by atoms with E-state index in [-0.39, 0.29) is 5.75 Å². The smallest absolute Gasteiger partial charge is 0.123 e. The summed E-state index contributed by atoms with van der Waals surface area (Å²) in [6.45, 7) is 4.94. The van der Waals surface area contributed by atoms with Gasteiger partial charge in [-0.1, -0.05) is 13.0 Å². The van der Waals surface area contributed by atoms with Crippen LogP contribution >= 0.6 is 0 Å². The fourth-order valence-electron chi connectivity index (χ4n) is 1.25. The lowest BCUT2D eigenvalue weighted by molar-refractivity contribution is 0.405. The zero-order valence-corrected chi connectivity index (χ0v) is 9.58. The molecule has 15 heavy (non-hydrogen) atoms. The summed E-state index contributed by atoms with van der Waals surface area (Å²) < 4.78 is 5.02. The van der Waals surface area contributed by atoms with Crippen LogP contribution in [-0.4, -0.2) is 18.3 Å². The Morgan fingerprint density at radius 3 is 2.73 bits per heavy atom. The number of phenols is 1. The van der Waals surface area contributed by atoms with Gasteiger partial charge in [0.2, 0.25) is 0 Å². The molecular weight excluding hydrogens is 190 g/mol. The standard InChI is InChI=1S/C12H19NO2/c1-4-9(2)13-8-10-5-6-11(15-3)7-12(10)14/h5-7,9,13-14H,4,8H2,1-3H3/t9-/m0/s1. The van der Waals surface area contributed by atoms with Crippen molar-refractivity contribution < 1.29 is 9.84 Å². The molecule has 0 aliphatic rings. The van der Waals surface area contributed by atoms with Crippen molar-refractivity contribution >= 4 is 0 Å². The average Bonchev–Trinajstić information content (AvgIpc) is 2.26. The number of benzene rings is 1. The highest BCUT2D eigenvalue weighted by atomic mass is 16.5. The topological polar surface area (TPSA) is 41.5 Å². The molecule has 0 radical (unpaired) electrons. The van der Waals surface area contributed by atoms with Crippen molar-refractivity contribution in [2.45, 2.75) is 32.9 Å². The van der Waals surface area contributed by atoms with E-state index in [1.54, 1.807) is 13.2 Å². The Morgan fingerprint density at radius 2 is 2.20 bits per heavy atom. The maximum Gasteiger partial charge on any atom is 0.123 e. The Hall–Kier alpha value is -1.22. The molecule has 0 saturated heterocycles. The second-order valence-electron chi connectivity index (χ2n) is 3.68. The molecule has 1 atom stereocenters. The van der Waals surface area contributed by atoms with Gasteiger partial charge in [-0.2, -0.15) is 0 Å². The third-order valence-electron chi connectivity index (χ3n) is 2.55. The summed E-state index contributed by atoms with van der Waals surface area (Å²) in [5.74, 6) is 0.963. The van der Waals surface area contributed by atoms with Gasteiger partial charge in [0.15, 0.2) is 0 Å². The third-order valence-corrected chi connectivity index (χ3v) is 2.55. The van der Waals surface area contributed by atoms with Crippen LogP contribution in [0.1, 0.15) is 25.8 Å². The largest absolute Gasteiger partial charge is 0.507 e. The first-order chi connectivity index (χ1) is 7.17. The van der Waals surface area contributed by atoms with Crippen LogP contribution in [-0.2, 0) is 6.54 Å². The summed E-state index contributed by atoms with van der Waals surface area (Å²) in [5.41, 5.74) is 0.899. The Balaban J connectivity index is 2.62. The van der Waals surface area contributed by atoms with Crippen molar-refractivity contribution in [2.75, 3.05) is 7.11 Å². The first kappa shape index (κ1) is 11.9. The Bertz CT molecular complexity index is 312. The Kier molecular flexibility index (Phi) is 4.43. The van der Waals surface area contributed by atoms with Crippen molar-refractivity contribution in [1.29, 1.82) is 0 Å². The van der Waals surface area contributed by atoms with Crippen LogP contribution in [0.5, 0.6) is 11.5 Å². The van der Waals surface area contributed by atoms with Crippen molar-refractivity contribution in [3.8, 4) is 11.5 Å². The molecule has 2 N–H and O–H groups in total.